The molecule has 0 saturated carbocycles. The Bertz CT molecular complexity index is 566. The zero-order valence-electron chi connectivity index (χ0n) is 11.7. The van der Waals surface area contributed by atoms with E-state index in [0.29, 0.717) is 11.5 Å². The van der Waals surface area contributed by atoms with Gasteiger partial charge in [0.2, 0.25) is 0 Å². The Morgan fingerprint density at radius 3 is 2.33 bits per heavy atom. The molecule has 0 unspecified atom stereocenters. The summed E-state index contributed by atoms with van der Waals surface area (Å²) in [6.07, 6.45) is 0. The molecule has 0 heterocycles. The molecule has 2 aromatic rings. The molecule has 3 nitrogen and oxygen atoms in total. The average molecular weight is 293 g/mol. The van der Waals surface area contributed by atoms with E-state index in [1.165, 1.54) is 19.2 Å². The molecule has 2 N–H and O–H groups in total. The second-order valence-electron chi connectivity index (χ2n) is 4.58. The lowest BCUT2D eigenvalue weighted by Gasteiger charge is -2.18. The summed E-state index contributed by atoms with van der Waals surface area (Å²) in [5, 5.41) is 0. The third kappa shape index (κ3) is 3.92. The van der Waals surface area contributed by atoms with Crippen LogP contribution in [0.15, 0.2) is 48.5 Å². The van der Waals surface area contributed by atoms with Crippen LogP contribution in [-0.2, 0) is 12.5 Å². The second-order valence-corrected chi connectivity index (χ2v) is 4.58. The van der Waals surface area contributed by atoms with Crippen molar-refractivity contribution in [2.24, 2.45) is 5.73 Å². The van der Waals surface area contributed by atoms with Crippen molar-refractivity contribution in [1.82, 2.24) is 0 Å². The molecule has 0 atom stereocenters. The van der Waals surface area contributed by atoms with Crippen LogP contribution in [0.2, 0.25) is 0 Å². The van der Waals surface area contributed by atoms with Gasteiger partial charge in [-0.2, -0.15) is 8.78 Å². The van der Waals surface area contributed by atoms with Gasteiger partial charge >= 0.3 is 5.92 Å². The van der Waals surface area contributed by atoms with Crippen LogP contribution in [0.25, 0.3) is 0 Å². The summed E-state index contributed by atoms with van der Waals surface area (Å²) in [6.45, 7) is -0.461. The predicted octanol–water partition coefficient (Wildman–Crippen LogP) is 3.32. The third-order valence-corrected chi connectivity index (χ3v) is 3.03. The average Bonchev–Trinajstić information content (AvgIpc) is 2.53. The molecular weight excluding hydrogens is 276 g/mol. The fraction of sp³-hybridized carbons (Fsp3) is 0.250. The number of halogens is 2. The smallest absolute Gasteiger partial charge is 0.306 e. The van der Waals surface area contributed by atoms with Crippen molar-refractivity contribution in [3.05, 3.63) is 59.7 Å². The zero-order valence-corrected chi connectivity index (χ0v) is 11.7. The van der Waals surface area contributed by atoms with Crippen molar-refractivity contribution in [3.8, 4) is 11.5 Å². The van der Waals surface area contributed by atoms with Gasteiger partial charge in [0.25, 0.3) is 0 Å². The van der Waals surface area contributed by atoms with Gasteiger partial charge in [0.1, 0.15) is 11.5 Å². The van der Waals surface area contributed by atoms with Gasteiger partial charge in [0.15, 0.2) is 6.61 Å². The van der Waals surface area contributed by atoms with Crippen molar-refractivity contribution in [3.63, 3.8) is 0 Å². The number of ether oxygens (including phenoxy) is 2. The van der Waals surface area contributed by atoms with E-state index in [-0.39, 0.29) is 12.1 Å². The molecule has 0 aliphatic rings. The van der Waals surface area contributed by atoms with Gasteiger partial charge in [-0.25, -0.2) is 0 Å². The maximum Gasteiger partial charge on any atom is 0.306 e. The Morgan fingerprint density at radius 2 is 1.71 bits per heavy atom. The number of rotatable bonds is 6. The fourth-order valence-corrected chi connectivity index (χ4v) is 1.89. The first-order chi connectivity index (χ1) is 10.0. The summed E-state index contributed by atoms with van der Waals surface area (Å²) < 4.78 is 38.4. The molecule has 0 fully saturated rings. The Hall–Kier alpha value is -2.14. The molecule has 0 bridgehead atoms. The van der Waals surface area contributed by atoms with E-state index in [2.05, 4.69) is 0 Å². The van der Waals surface area contributed by atoms with Gasteiger partial charge in [-0.05, 0) is 17.7 Å². The van der Waals surface area contributed by atoms with E-state index in [9.17, 15) is 8.78 Å². The van der Waals surface area contributed by atoms with Crippen LogP contribution in [0.1, 0.15) is 11.1 Å². The van der Waals surface area contributed by atoms with Gasteiger partial charge in [-0.3, -0.25) is 0 Å². The molecule has 0 aromatic heterocycles. The summed E-state index contributed by atoms with van der Waals surface area (Å²) in [5.41, 5.74) is 6.24. The number of hydrogen-bond acceptors (Lipinski definition) is 3. The fourth-order valence-electron chi connectivity index (χ4n) is 1.89. The SMILES string of the molecule is COc1cc(CN)cc(OCC(F)(F)c2ccccc2)c1. The van der Waals surface area contributed by atoms with Gasteiger partial charge in [0.05, 0.1) is 7.11 Å². The number of methoxy groups -OCH3 is 1. The molecule has 21 heavy (non-hydrogen) atoms. The van der Waals surface area contributed by atoms with Gasteiger partial charge in [0, 0.05) is 18.2 Å². The number of nitrogens with two attached hydrogens (primary N) is 1. The van der Waals surface area contributed by atoms with E-state index in [1.54, 1.807) is 36.4 Å². The Kier molecular flexibility index (Phi) is 4.75. The van der Waals surface area contributed by atoms with Crippen LogP contribution in [-0.4, -0.2) is 13.7 Å². The van der Waals surface area contributed by atoms with Crippen molar-refractivity contribution in [2.75, 3.05) is 13.7 Å². The summed E-state index contributed by atoms with van der Waals surface area (Å²) >= 11 is 0. The zero-order chi connectivity index (χ0) is 15.3. The highest BCUT2D eigenvalue weighted by atomic mass is 19.3. The van der Waals surface area contributed by atoms with E-state index < -0.39 is 12.5 Å². The van der Waals surface area contributed by atoms with Crippen molar-refractivity contribution >= 4 is 0 Å². The minimum atomic E-state index is -3.06. The highest BCUT2D eigenvalue weighted by Crippen LogP contribution is 2.30. The first kappa shape index (κ1) is 15.3. The summed E-state index contributed by atoms with van der Waals surface area (Å²) in [4.78, 5) is 0. The maximum atomic E-state index is 14.0. The molecular formula is C16H17F2NO2. The highest BCUT2D eigenvalue weighted by molar-refractivity contribution is 5.38. The molecule has 0 spiro atoms. The summed E-state index contributed by atoms with van der Waals surface area (Å²) in [6, 6.07) is 12.5. The minimum absolute atomic E-state index is 0.0769. The Labute approximate surface area is 122 Å². The van der Waals surface area contributed by atoms with Gasteiger partial charge in [-0.15, -0.1) is 0 Å². The normalized spacial score (nSPS) is 11.2. The number of benzene rings is 2. The van der Waals surface area contributed by atoms with Crippen molar-refractivity contribution < 1.29 is 18.3 Å². The van der Waals surface area contributed by atoms with Crippen LogP contribution in [0.4, 0.5) is 8.78 Å². The van der Waals surface area contributed by atoms with Crippen LogP contribution in [0, 0.1) is 0 Å². The summed E-state index contributed by atoms with van der Waals surface area (Å²) in [5.74, 6) is -2.23. The molecule has 0 amide bonds. The topological polar surface area (TPSA) is 44.5 Å². The van der Waals surface area contributed by atoms with Crippen LogP contribution >= 0.6 is 0 Å². The first-order valence-electron chi connectivity index (χ1n) is 6.49. The molecule has 2 rings (SSSR count). The molecule has 0 saturated heterocycles. The van der Waals surface area contributed by atoms with Gasteiger partial charge in [-0.1, -0.05) is 30.3 Å². The van der Waals surface area contributed by atoms with Crippen LogP contribution in [0.5, 0.6) is 11.5 Å². The van der Waals surface area contributed by atoms with Crippen LogP contribution in [0.3, 0.4) is 0 Å². The van der Waals surface area contributed by atoms with E-state index >= 15 is 0 Å². The van der Waals surface area contributed by atoms with Crippen molar-refractivity contribution in [1.29, 1.82) is 0 Å². The largest absolute Gasteiger partial charge is 0.497 e. The standard InChI is InChI=1S/C16H17F2NO2/c1-20-14-7-12(10-19)8-15(9-14)21-11-16(17,18)13-5-3-2-4-6-13/h2-9H,10-11,19H2,1H3. The molecule has 112 valence electrons. The quantitative estimate of drug-likeness (QED) is 0.888. The van der Waals surface area contributed by atoms with E-state index in [4.69, 9.17) is 15.2 Å². The predicted molar refractivity (Wildman–Crippen MR) is 76.7 cm³/mol. The lowest BCUT2D eigenvalue weighted by molar-refractivity contribution is -0.0467. The Morgan fingerprint density at radius 1 is 1.05 bits per heavy atom. The molecule has 5 heteroatoms. The highest BCUT2D eigenvalue weighted by Gasteiger charge is 2.32. The first-order valence-corrected chi connectivity index (χ1v) is 6.49. The van der Waals surface area contributed by atoms with Gasteiger partial charge < -0.3 is 15.2 Å². The molecule has 0 aliphatic heterocycles. The second kappa shape index (κ2) is 6.54. The van der Waals surface area contributed by atoms with Crippen molar-refractivity contribution in [2.45, 2.75) is 12.5 Å². The lowest BCUT2D eigenvalue weighted by Crippen LogP contribution is -2.23. The monoisotopic (exact) mass is 293 g/mol. The maximum absolute atomic E-state index is 14.0. The third-order valence-electron chi connectivity index (χ3n) is 3.03. The number of alkyl halides is 2. The lowest BCUT2D eigenvalue weighted by atomic mass is 10.1. The minimum Gasteiger partial charge on any atom is -0.497 e. The Balaban J connectivity index is 2.12. The van der Waals surface area contributed by atoms with E-state index in [0.717, 1.165) is 5.56 Å². The van der Waals surface area contributed by atoms with Crippen LogP contribution < -0.4 is 15.2 Å². The molecule has 0 aliphatic carbocycles. The molecule has 0 radical (unpaired) electrons. The number of hydrogen-bond donors (Lipinski definition) is 1. The summed E-state index contributed by atoms with van der Waals surface area (Å²) in [7, 11) is 1.50. The van der Waals surface area contributed by atoms with E-state index in [1.807, 2.05) is 0 Å². The molecule has 2 aromatic carbocycles.